The van der Waals surface area contributed by atoms with E-state index in [0.29, 0.717) is 30.3 Å². The standard InChI is InChI=1S/C41H32O28/c42-13-1-8(2-14(43)24(13)49)36(59)69-41-31(56)34-32(66-40(63)12(6-19(47)48)23-22-11(5-17(46)27(52)30(22)55)38(61)67-33(23)35(57)58)18(65-41)7-64-37(60)9-3-15(44)25(50)28(53)20(9)21-10(39(62)68-34)4-16(45)26(51)29(21)54/h1-5,12,18,23,31-34,41-46,49-56H,6-7H2,(H,47,48)(H,57,58)/t12-,18-,23+,31-,32-,33+,34-,41+/m1/s1. The number of carbonyl (C=O) groups excluding carboxylic acids is 5. The van der Waals surface area contributed by atoms with Gasteiger partial charge in [0, 0.05) is 16.7 Å². The molecule has 0 amide bonds. The van der Waals surface area contributed by atoms with E-state index in [2.05, 4.69) is 0 Å². The second kappa shape index (κ2) is 17.5. The van der Waals surface area contributed by atoms with Crippen molar-refractivity contribution in [3.63, 3.8) is 0 Å². The molecule has 0 saturated carbocycles. The van der Waals surface area contributed by atoms with Crippen molar-refractivity contribution in [3.05, 3.63) is 58.1 Å². The molecule has 364 valence electrons. The Labute approximate surface area is 380 Å². The molecule has 1 fully saturated rings. The molecule has 15 N–H and O–H groups in total. The van der Waals surface area contributed by atoms with Crippen molar-refractivity contribution in [2.75, 3.05) is 6.61 Å². The summed E-state index contributed by atoms with van der Waals surface area (Å²) in [5, 5.41) is 157. The zero-order chi connectivity index (χ0) is 50.8. The van der Waals surface area contributed by atoms with E-state index in [1.54, 1.807) is 0 Å². The first kappa shape index (κ1) is 47.6. The minimum absolute atomic E-state index is 0.332. The van der Waals surface area contributed by atoms with Gasteiger partial charge in [0.05, 0.1) is 40.5 Å². The van der Waals surface area contributed by atoms with Crippen LogP contribution in [-0.2, 0) is 42.8 Å². The third-order valence-corrected chi connectivity index (χ3v) is 11.0. The summed E-state index contributed by atoms with van der Waals surface area (Å²) in [6, 6.07) is 2.33. The highest BCUT2D eigenvalue weighted by Crippen LogP contribution is 2.54. The van der Waals surface area contributed by atoms with Gasteiger partial charge in [-0.2, -0.15) is 0 Å². The first-order valence-electron chi connectivity index (χ1n) is 19.2. The number of carbonyl (C=O) groups is 7. The summed E-state index contributed by atoms with van der Waals surface area (Å²) in [4.78, 5) is 94.0. The number of fused-ring (bicyclic) bond motifs is 6. The summed E-state index contributed by atoms with van der Waals surface area (Å²) in [7, 11) is 0. The molecule has 28 nitrogen and oxygen atoms in total. The number of aliphatic hydroxyl groups excluding tert-OH is 1. The first-order valence-corrected chi connectivity index (χ1v) is 19.2. The van der Waals surface area contributed by atoms with E-state index in [1.807, 2.05) is 0 Å². The maximum absolute atomic E-state index is 14.5. The molecule has 0 unspecified atom stereocenters. The van der Waals surface area contributed by atoms with Gasteiger partial charge < -0.3 is 105 Å². The molecule has 0 aromatic heterocycles. The molecule has 69 heavy (non-hydrogen) atoms. The monoisotopic (exact) mass is 972 g/mol. The number of hydrogen-bond donors (Lipinski definition) is 15. The second-order valence-corrected chi connectivity index (χ2v) is 15.2. The number of hydrogen-bond acceptors (Lipinski definition) is 26. The van der Waals surface area contributed by atoms with Crippen molar-refractivity contribution < 1.29 is 139 Å². The molecule has 1 saturated heterocycles. The number of aromatic hydroxyl groups is 12. The molecular weight excluding hydrogens is 940 g/mol. The Morgan fingerprint density at radius 1 is 0.609 bits per heavy atom. The topological polar surface area (TPSA) is 478 Å². The maximum Gasteiger partial charge on any atom is 0.345 e. The lowest BCUT2D eigenvalue weighted by atomic mass is 9.76. The van der Waals surface area contributed by atoms with Gasteiger partial charge in [-0.1, -0.05) is 0 Å². The predicted molar refractivity (Wildman–Crippen MR) is 210 cm³/mol. The van der Waals surface area contributed by atoms with E-state index in [4.69, 9.17) is 28.4 Å². The third-order valence-electron chi connectivity index (χ3n) is 11.0. The van der Waals surface area contributed by atoms with Crippen LogP contribution >= 0.6 is 0 Å². The van der Waals surface area contributed by atoms with E-state index >= 15 is 0 Å². The van der Waals surface area contributed by atoms with Gasteiger partial charge in [0.2, 0.25) is 29.6 Å². The van der Waals surface area contributed by atoms with Crippen molar-refractivity contribution in [2.24, 2.45) is 5.92 Å². The normalized spacial score (nSPS) is 22.3. The van der Waals surface area contributed by atoms with Crippen molar-refractivity contribution in [3.8, 4) is 80.1 Å². The fraction of sp³-hybridized carbons (Fsp3) is 0.244. The molecule has 3 aliphatic heterocycles. The molecule has 4 aromatic carbocycles. The lowest BCUT2D eigenvalue weighted by molar-refractivity contribution is -0.288. The van der Waals surface area contributed by atoms with Gasteiger partial charge in [0.25, 0.3) is 0 Å². The minimum Gasteiger partial charge on any atom is -0.504 e. The smallest absolute Gasteiger partial charge is 0.345 e. The van der Waals surface area contributed by atoms with Crippen LogP contribution in [0.4, 0.5) is 0 Å². The zero-order valence-corrected chi connectivity index (χ0v) is 33.9. The molecule has 3 aliphatic rings. The number of ether oxygens (including phenoxy) is 6. The molecule has 2 bridgehead atoms. The Morgan fingerprint density at radius 2 is 1.10 bits per heavy atom. The van der Waals surface area contributed by atoms with Gasteiger partial charge >= 0.3 is 41.8 Å². The molecule has 0 aliphatic carbocycles. The molecule has 0 radical (unpaired) electrons. The van der Waals surface area contributed by atoms with Gasteiger partial charge in [-0.25, -0.2) is 24.0 Å². The van der Waals surface area contributed by atoms with E-state index in [-0.39, 0.29) is 0 Å². The predicted octanol–water partition coefficient (Wildman–Crippen LogP) is -0.131. The highest BCUT2D eigenvalue weighted by atomic mass is 16.7. The fourth-order valence-corrected chi connectivity index (χ4v) is 7.79. The van der Waals surface area contributed by atoms with Crippen LogP contribution in [0.1, 0.15) is 59.3 Å². The molecule has 28 heteroatoms. The summed E-state index contributed by atoms with van der Waals surface area (Å²) in [6.45, 7) is -1.37. The first-order chi connectivity index (χ1) is 32.3. The lowest BCUT2D eigenvalue weighted by Crippen LogP contribution is -2.62. The van der Waals surface area contributed by atoms with Gasteiger partial charge in [-0.15, -0.1) is 0 Å². The number of phenolic OH excluding ortho intramolecular Hbond substituents is 12. The van der Waals surface area contributed by atoms with Crippen LogP contribution in [0.2, 0.25) is 0 Å². The van der Waals surface area contributed by atoms with Crippen molar-refractivity contribution in [1.29, 1.82) is 0 Å². The molecular formula is C41H32O28. The molecule has 8 atom stereocenters. The number of esters is 5. The van der Waals surface area contributed by atoms with Crippen LogP contribution < -0.4 is 0 Å². The summed E-state index contributed by atoms with van der Waals surface area (Å²) >= 11 is 0. The summed E-state index contributed by atoms with van der Waals surface area (Å²) < 4.78 is 32.2. The van der Waals surface area contributed by atoms with Crippen molar-refractivity contribution in [1.82, 2.24) is 0 Å². The van der Waals surface area contributed by atoms with Gasteiger partial charge in [-0.3, -0.25) is 9.59 Å². The number of aliphatic hydroxyl groups is 1. The van der Waals surface area contributed by atoms with Crippen LogP contribution in [0, 0.1) is 5.92 Å². The molecule has 4 aromatic rings. The van der Waals surface area contributed by atoms with Crippen LogP contribution in [-0.4, -0.2) is 162 Å². The number of aliphatic carboxylic acids is 2. The van der Waals surface area contributed by atoms with Gasteiger partial charge in [0.15, 0.2) is 70.1 Å². The number of benzene rings is 4. The SMILES string of the molecule is O=C(O)C[C@@H](C(=O)O[C@H]1[C@@H]2OC(=O)c3cc(O)c(O)c(O)c3-c3c(cc(O)c(O)c3O)C(=O)OC[C@H]1O[C@@H](OC(=O)c1cc(O)c(O)c(O)c1)[C@@H]2O)[C@H]1c2c(cc(O)c(O)c2O)C(=O)O[C@@H]1C(=O)O. The lowest BCUT2D eigenvalue weighted by Gasteiger charge is -2.43. The summed E-state index contributed by atoms with van der Waals surface area (Å²) in [6.07, 6.45) is -16.8. The molecule has 0 spiro atoms. The van der Waals surface area contributed by atoms with Crippen molar-refractivity contribution >= 4 is 41.8 Å². The highest BCUT2D eigenvalue weighted by Gasteiger charge is 2.55. The average Bonchev–Trinajstić information content (AvgIpc) is 3.28. The van der Waals surface area contributed by atoms with Gasteiger partial charge in [0.1, 0.15) is 12.7 Å². The maximum atomic E-state index is 14.5. The van der Waals surface area contributed by atoms with Crippen LogP contribution in [0.25, 0.3) is 11.1 Å². The largest absolute Gasteiger partial charge is 0.504 e. The highest BCUT2D eigenvalue weighted by molar-refractivity contribution is 6.08. The van der Waals surface area contributed by atoms with E-state index < -0.39 is 211 Å². The number of carboxylic acids is 2. The minimum atomic E-state index is -2.70. The number of cyclic esters (lactones) is 2. The second-order valence-electron chi connectivity index (χ2n) is 15.2. The Balaban J connectivity index is 1.40. The van der Waals surface area contributed by atoms with Crippen LogP contribution in [0.5, 0.6) is 69.0 Å². The third kappa shape index (κ3) is 8.20. The average molecular weight is 973 g/mol. The summed E-state index contributed by atoms with van der Waals surface area (Å²) in [5.41, 5.74) is -7.14. The Bertz CT molecular complexity index is 2880. The Morgan fingerprint density at radius 3 is 1.64 bits per heavy atom. The zero-order valence-electron chi connectivity index (χ0n) is 33.9. The van der Waals surface area contributed by atoms with Gasteiger partial charge in [-0.05, 0) is 30.3 Å². The van der Waals surface area contributed by atoms with Crippen LogP contribution in [0.3, 0.4) is 0 Å². The number of phenols is 12. The number of rotatable bonds is 8. The fourth-order valence-electron chi connectivity index (χ4n) is 7.79. The van der Waals surface area contributed by atoms with E-state index in [0.717, 1.165) is 0 Å². The Kier molecular flexibility index (Phi) is 12.1. The van der Waals surface area contributed by atoms with Crippen LogP contribution in [0.15, 0.2) is 30.3 Å². The van der Waals surface area contributed by atoms with Crippen molar-refractivity contribution in [2.45, 2.75) is 49.1 Å². The summed E-state index contributed by atoms with van der Waals surface area (Å²) in [5.74, 6) is -33.3. The molecule has 7 rings (SSSR count). The molecule has 3 heterocycles. The number of carboxylic acid groups (broad SMARTS) is 2. The van der Waals surface area contributed by atoms with E-state index in [1.165, 1.54) is 0 Å². The van der Waals surface area contributed by atoms with E-state index in [9.17, 15) is 110 Å². The Hall–Kier alpha value is -9.31. The quantitative estimate of drug-likeness (QED) is 0.0621.